The molecule has 3 atom stereocenters. The van der Waals surface area contributed by atoms with Gasteiger partial charge < -0.3 is 15.2 Å². The number of nitrogens with one attached hydrogen (secondary N) is 1. The molecule has 0 aliphatic carbocycles. The highest BCUT2D eigenvalue weighted by Crippen LogP contribution is 2.26. The van der Waals surface area contributed by atoms with E-state index < -0.39 is 5.60 Å². The summed E-state index contributed by atoms with van der Waals surface area (Å²) in [5.41, 5.74) is 0.307. The molecule has 0 bridgehead atoms. The van der Waals surface area contributed by atoms with Gasteiger partial charge in [-0.2, -0.15) is 0 Å². The van der Waals surface area contributed by atoms with E-state index in [0.717, 1.165) is 10.7 Å². The average Bonchev–Trinajstić information content (AvgIpc) is 2.84. The van der Waals surface area contributed by atoms with Gasteiger partial charge in [0.2, 0.25) is 0 Å². The molecule has 1 aliphatic rings. The Balaban J connectivity index is 1.90. The second-order valence-corrected chi connectivity index (χ2v) is 5.82. The Morgan fingerprint density at radius 3 is 3.06 bits per heavy atom. The van der Waals surface area contributed by atoms with Crippen molar-refractivity contribution in [1.29, 1.82) is 0 Å². The summed E-state index contributed by atoms with van der Waals surface area (Å²) in [4.78, 5) is 4.44. The Morgan fingerprint density at radius 1 is 1.76 bits per heavy atom. The summed E-state index contributed by atoms with van der Waals surface area (Å²) < 4.78 is 5.41. The molecule has 2 heterocycles. The predicted octanol–water partition coefficient (Wildman–Crippen LogP) is 1.64. The van der Waals surface area contributed by atoms with Crippen LogP contribution in [0.15, 0.2) is 5.38 Å². The smallest absolute Gasteiger partial charge is 0.105 e. The number of nitrogens with zero attached hydrogens (tertiary/aromatic N) is 1. The summed E-state index contributed by atoms with van der Waals surface area (Å²) in [7, 11) is 0. The topological polar surface area (TPSA) is 54.4 Å². The third-order valence-corrected chi connectivity index (χ3v) is 4.25. The zero-order valence-corrected chi connectivity index (χ0v) is 11.4. The lowest BCUT2D eigenvalue weighted by Gasteiger charge is -2.27. The maximum Gasteiger partial charge on any atom is 0.105 e. The molecule has 4 nitrogen and oxygen atoms in total. The van der Waals surface area contributed by atoms with Crippen LogP contribution in [0.25, 0.3) is 0 Å². The lowest BCUT2D eigenvalue weighted by molar-refractivity contribution is -0.0274. The fraction of sp³-hybridized carbons (Fsp3) is 0.750. The molecule has 2 rings (SSSR count). The third kappa shape index (κ3) is 2.85. The van der Waals surface area contributed by atoms with Crippen molar-refractivity contribution in [3.05, 3.63) is 16.1 Å². The van der Waals surface area contributed by atoms with Crippen LogP contribution in [-0.2, 0) is 4.74 Å². The van der Waals surface area contributed by atoms with E-state index in [4.69, 9.17) is 4.74 Å². The number of hydrogen-bond donors (Lipinski definition) is 2. The quantitative estimate of drug-likeness (QED) is 0.860. The molecular weight excluding hydrogens is 236 g/mol. The van der Waals surface area contributed by atoms with Crippen LogP contribution in [0.3, 0.4) is 0 Å². The van der Waals surface area contributed by atoms with Gasteiger partial charge in [-0.1, -0.05) is 0 Å². The molecular formula is C12H20N2O2S. The van der Waals surface area contributed by atoms with E-state index in [1.165, 1.54) is 0 Å². The summed E-state index contributed by atoms with van der Waals surface area (Å²) in [5, 5.41) is 16.8. The van der Waals surface area contributed by atoms with Crippen molar-refractivity contribution in [2.24, 2.45) is 0 Å². The number of aromatic nitrogens is 1. The number of aryl methyl sites for hydroxylation is 1. The van der Waals surface area contributed by atoms with E-state index in [2.05, 4.69) is 22.6 Å². The second kappa shape index (κ2) is 5.02. The fourth-order valence-corrected chi connectivity index (χ4v) is 2.72. The highest BCUT2D eigenvalue weighted by Gasteiger charge is 2.39. The number of aliphatic hydroxyl groups is 1. The number of thiazole rings is 1. The van der Waals surface area contributed by atoms with Crippen LogP contribution in [0.4, 0.5) is 0 Å². The molecule has 1 saturated heterocycles. The molecule has 5 heteroatoms. The highest BCUT2D eigenvalue weighted by atomic mass is 32.1. The van der Waals surface area contributed by atoms with Gasteiger partial charge in [-0.05, 0) is 20.8 Å². The summed E-state index contributed by atoms with van der Waals surface area (Å²) in [6, 6.07) is 0.164. The molecule has 0 spiro atoms. The van der Waals surface area contributed by atoms with Gasteiger partial charge in [0.05, 0.1) is 16.8 Å². The summed E-state index contributed by atoms with van der Waals surface area (Å²) in [6.07, 6.45) is 0.601. The molecule has 1 aliphatic heterocycles. The standard InChI is InChI=1S/C12H20N2O2S/c1-8(11-6-17-10(3)14-11)13-7-12(15)4-5-16-9(12)2/h6,8-9,13,15H,4-5,7H2,1-3H3. The van der Waals surface area contributed by atoms with E-state index >= 15 is 0 Å². The van der Waals surface area contributed by atoms with Crippen molar-refractivity contribution >= 4 is 11.3 Å². The number of rotatable bonds is 4. The van der Waals surface area contributed by atoms with Crippen LogP contribution in [0, 0.1) is 6.92 Å². The van der Waals surface area contributed by atoms with Crippen LogP contribution < -0.4 is 5.32 Å². The van der Waals surface area contributed by atoms with Crippen LogP contribution in [-0.4, -0.2) is 34.9 Å². The van der Waals surface area contributed by atoms with Crippen molar-refractivity contribution in [2.45, 2.75) is 44.9 Å². The summed E-state index contributed by atoms with van der Waals surface area (Å²) in [6.45, 7) is 7.18. The third-order valence-electron chi connectivity index (χ3n) is 3.45. The van der Waals surface area contributed by atoms with Gasteiger partial charge in [-0.3, -0.25) is 0 Å². The zero-order valence-electron chi connectivity index (χ0n) is 10.6. The first-order valence-electron chi connectivity index (χ1n) is 6.01. The van der Waals surface area contributed by atoms with Crippen LogP contribution in [0.1, 0.15) is 37.0 Å². The molecule has 1 fully saturated rings. The van der Waals surface area contributed by atoms with Crippen LogP contribution in [0.5, 0.6) is 0 Å². The van der Waals surface area contributed by atoms with Crippen molar-refractivity contribution in [3.8, 4) is 0 Å². The molecule has 0 amide bonds. The first-order valence-corrected chi connectivity index (χ1v) is 6.88. The van der Waals surface area contributed by atoms with Gasteiger partial charge in [0.15, 0.2) is 0 Å². The largest absolute Gasteiger partial charge is 0.386 e. The average molecular weight is 256 g/mol. The molecule has 3 unspecified atom stereocenters. The van der Waals surface area contributed by atoms with Crippen molar-refractivity contribution in [1.82, 2.24) is 10.3 Å². The van der Waals surface area contributed by atoms with E-state index in [1.54, 1.807) is 11.3 Å². The summed E-state index contributed by atoms with van der Waals surface area (Å²) >= 11 is 1.65. The van der Waals surface area contributed by atoms with E-state index in [9.17, 15) is 5.11 Å². The molecule has 2 N–H and O–H groups in total. The molecule has 1 aromatic rings. The van der Waals surface area contributed by atoms with Gasteiger partial charge in [-0.25, -0.2) is 4.98 Å². The molecule has 0 saturated carbocycles. The van der Waals surface area contributed by atoms with Gasteiger partial charge in [0.25, 0.3) is 0 Å². The Labute approximate surface area is 106 Å². The lowest BCUT2D eigenvalue weighted by Crippen LogP contribution is -2.46. The van der Waals surface area contributed by atoms with Crippen molar-refractivity contribution in [3.63, 3.8) is 0 Å². The van der Waals surface area contributed by atoms with Gasteiger partial charge in [0, 0.05) is 31.0 Å². The monoisotopic (exact) mass is 256 g/mol. The van der Waals surface area contributed by atoms with E-state index in [1.807, 2.05) is 13.8 Å². The number of ether oxygens (including phenoxy) is 1. The van der Waals surface area contributed by atoms with Crippen LogP contribution in [0.2, 0.25) is 0 Å². The Morgan fingerprint density at radius 2 is 2.53 bits per heavy atom. The van der Waals surface area contributed by atoms with Crippen molar-refractivity contribution < 1.29 is 9.84 Å². The maximum absolute atomic E-state index is 10.4. The summed E-state index contributed by atoms with van der Waals surface area (Å²) in [5.74, 6) is 0. The zero-order chi connectivity index (χ0) is 12.5. The molecule has 0 aromatic carbocycles. The molecule has 17 heavy (non-hydrogen) atoms. The van der Waals surface area contributed by atoms with Gasteiger partial charge in [0.1, 0.15) is 5.60 Å². The second-order valence-electron chi connectivity index (χ2n) is 4.76. The maximum atomic E-state index is 10.4. The highest BCUT2D eigenvalue weighted by molar-refractivity contribution is 7.09. The normalized spacial score (nSPS) is 30.7. The number of hydrogen-bond acceptors (Lipinski definition) is 5. The Bertz CT molecular complexity index is 382. The minimum atomic E-state index is -0.737. The molecule has 96 valence electrons. The Kier molecular flexibility index (Phi) is 3.82. The minimum Gasteiger partial charge on any atom is -0.386 e. The van der Waals surface area contributed by atoms with Crippen LogP contribution >= 0.6 is 11.3 Å². The first-order chi connectivity index (χ1) is 8.01. The van der Waals surface area contributed by atoms with E-state index in [0.29, 0.717) is 19.6 Å². The van der Waals surface area contributed by atoms with E-state index in [-0.39, 0.29) is 12.1 Å². The minimum absolute atomic E-state index is 0.0978. The van der Waals surface area contributed by atoms with Gasteiger partial charge >= 0.3 is 0 Å². The Hall–Kier alpha value is -0.490. The first kappa shape index (κ1) is 13.0. The molecule has 0 radical (unpaired) electrons. The predicted molar refractivity (Wildman–Crippen MR) is 68.2 cm³/mol. The van der Waals surface area contributed by atoms with Gasteiger partial charge in [-0.15, -0.1) is 11.3 Å². The SMILES string of the molecule is Cc1nc(C(C)NCC2(O)CCOC2C)cs1. The van der Waals surface area contributed by atoms with Crippen molar-refractivity contribution in [2.75, 3.05) is 13.2 Å². The fourth-order valence-electron chi connectivity index (χ4n) is 2.02. The lowest BCUT2D eigenvalue weighted by atomic mass is 9.96. The molecule has 1 aromatic heterocycles.